The maximum atomic E-state index is 5.80. The molecule has 0 heterocycles. The van der Waals surface area contributed by atoms with Crippen molar-refractivity contribution in [2.75, 3.05) is 46.1 Å². The lowest BCUT2D eigenvalue weighted by molar-refractivity contribution is 0.0374. The van der Waals surface area contributed by atoms with Crippen molar-refractivity contribution in [3.05, 3.63) is 0 Å². The Morgan fingerprint density at radius 3 is 1.37 bits per heavy atom. The first kappa shape index (κ1) is 26.9. The minimum atomic E-state index is 0.742. The van der Waals surface area contributed by atoms with Gasteiger partial charge in [0, 0.05) is 13.2 Å². The Bertz CT molecular complexity index is 245. The average molecular weight is 386 g/mol. The Kier molecular flexibility index (Phi) is 23.8. The van der Waals surface area contributed by atoms with Gasteiger partial charge in [0.2, 0.25) is 0 Å². The van der Waals surface area contributed by atoms with Crippen molar-refractivity contribution in [1.29, 1.82) is 0 Å². The summed E-state index contributed by atoms with van der Waals surface area (Å²) >= 11 is 0. The van der Waals surface area contributed by atoms with Gasteiger partial charge in [-0.25, -0.2) is 0 Å². The first-order chi connectivity index (χ1) is 13.3. The molecule has 3 nitrogen and oxygen atoms in total. The van der Waals surface area contributed by atoms with Gasteiger partial charge < -0.3 is 14.4 Å². The largest absolute Gasteiger partial charge is 0.379 e. The molecule has 164 valence electrons. The zero-order valence-corrected chi connectivity index (χ0v) is 19.1. The van der Waals surface area contributed by atoms with E-state index < -0.39 is 0 Å². The second-order valence-electron chi connectivity index (χ2n) is 7.96. The highest BCUT2D eigenvalue weighted by Crippen LogP contribution is 2.09. The monoisotopic (exact) mass is 385 g/mol. The molecule has 0 atom stereocenters. The molecule has 0 N–H and O–H groups in total. The smallest absolute Gasteiger partial charge is 0.0701 e. The van der Waals surface area contributed by atoms with E-state index in [0.29, 0.717) is 0 Å². The molecule has 0 aromatic heterocycles. The summed E-state index contributed by atoms with van der Waals surface area (Å²) in [4.78, 5) is 2.64. The molecule has 0 aromatic rings. The van der Waals surface area contributed by atoms with Crippen molar-refractivity contribution in [2.45, 2.75) is 111 Å². The van der Waals surface area contributed by atoms with Crippen LogP contribution in [0.1, 0.15) is 111 Å². The topological polar surface area (TPSA) is 21.7 Å². The summed E-state index contributed by atoms with van der Waals surface area (Å²) < 4.78 is 11.4. The second kappa shape index (κ2) is 23.9. The Morgan fingerprint density at radius 2 is 0.852 bits per heavy atom. The summed E-state index contributed by atoms with van der Waals surface area (Å²) in [6.07, 6.45) is 18.9. The van der Waals surface area contributed by atoms with E-state index in [4.69, 9.17) is 9.47 Å². The van der Waals surface area contributed by atoms with E-state index in [1.165, 1.54) is 96.6 Å². The minimum absolute atomic E-state index is 0.742. The molecule has 0 aliphatic rings. The van der Waals surface area contributed by atoms with Crippen LogP contribution in [-0.4, -0.2) is 51.0 Å². The second-order valence-corrected chi connectivity index (χ2v) is 7.96. The highest BCUT2D eigenvalue weighted by atomic mass is 16.5. The number of ether oxygens (including phenoxy) is 2. The summed E-state index contributed by atoms with van der Waals surface area (Å²) in [5.74, 6) is 0. The molecule has 0 bridgehead atoms. The summed E-state index contributed by atoms with van der Waals surface area (Å²) in [6, 6.07) is 0. The zero-order valence-electron chi connectivity index (χ0n) is 19.1. The molecule has 0 fully saturated rings. The fourth-order valence-corrected chi connectivity index (χ4v) is 3.33. The van der Waals surface area contributed by atoms with E-state index in [2.05, 4.69) is 25.7 Å². The predicted molar refractivity (Wildman–Crippen MR) is 120 cm³/mol. The summed E-state index contributed by atoms with van der Waals surface area (Å²) in [7, 11) is 0. The minimum Gasteiger partial charge on any atom is -0.379 e. The third kappa shape index (κ3) is 22.0. The third-order valence-corrected chi connectivity index (χ3v) is 5.22. The molecule has 0 radical (unpaired) electrons. The zero-order chi connectivity index (χ0) is 19.8. The van der Waals surface area contributed by atoms with Gasteiger partial charge >= 0.3 is 0 Å². The van der Waals surface area contributed by atoms with Crippen LogP contribution >= 0.6 is 0 Å². The van der Waals surface area contributed by atoms with Crippen molar-refractivity contribution in [3.63, 3.8) is 0 Å². The van der Waals surface area contributed by atoms with Crippen LogP contribution in [0.5, 0.6) is 0 Å². The summed E-state index contributed by atoms with van der Waals surface area (Å²) in [6.45, 7) is 13.6. The quantitative estimate of drug-likeness (QED) is 0.180. The molecule has 0 aliphatic carbocycles. The Balaban J connectivity index is 3.77. The Morgan fingerprint density at radius 1 is 0.407 bits per heavy atom. The van der Waals surface area contributed by atoms with Gasteiger partial charge in [0.1, 0.15) is 0 Å². The predicted octanol–water partition coefficient (Wildman–Crippen LogP) is 6.84. The first-order valence-electron chi connectivity index (χ1n) is 12.2. The lowest BCUT2D eigenvalue weighted by Gasteiger charge is -2.22. The first-order valence-corrected chi connectivity index (χ1v) is 12.2. The van der Waals surface area contributed by atoms with Crippen molar-refractivity contribution >= 4 is 0 Å². The molecule has 27 heavy (non-hydrogen) atoms. The van der Waals surface area contributed by atoms with Crippen LogP contribution < -0.4 is 0 Å². The standard InChI is InChI=1S/C24H51NO2/c1-4-7-10-12-14-16-18-25(19-17-15-13-11-8-5-2)20-22-27-24-23-26-21-9-6-3/h4-24H2,1-3H3. The third-order valence-electron chi connectivity index (χ3n) is 5.22. The molecule has 0 spiro atoms. The molecule has 0 unspecified atom stereocenters. The SMILES string of the molecule is CCCCCCCCN(CCCCCCCC)CCOCCOCCCC. The molecule has 0 saturated carbocycles. The van der Waals surface area contributed by atoms with Crippen LogP contribution in [0.4, 0.5) is 0 Å². The normalized spacial score (nSPS) is 11.6. The lowest BCUT2D eigenvalue weighted by Crippen LogP contribution is -2.30. The van der Waals surface area contributed by atoms with Crippen LogP contribution in [0.3, 0.4) is 0 Å². The fourth-order valence-electron chi connectivity index (χ4n) is 3.33. The number of hydrogen-bond acceptors (Lipinski definition) is 3. The fraction of sp³-hybridized carbons (Fsp3) is 1.00. The van der Waals surface area contributed by atoms with E-state index in [1.54, 1.807) is 0 Å². The van der Waals surface area contributed by atoms with E-state index in [1.807, 2.05) is 0 Å². The van der Waals surface area contributed by atoms with Crippen LogP contribution in [0, 0.1) is 0 Å². The number of hydrogen-bond donors (Lipinski definition) is 0. The van der Waals surface area contributed by atoms with Crippen molar-refractivity contribution < 1.29 is 9.47 Å². The molecular formula is C24H51NO2. The number of rotatable bonds is 23. The van der Waals surface area contributed by atoms with Crippen molar-refractivity contribution in [3.8, 4) is 0 Å². The Labute approximate surface area is 171 Å². The molecule has 0 rings (SSSR count). The van der Waals surface area contributed by atoms with Crippen LogP contribution in [0.2, 0.25) is 0 Å². The van der Waals surface area contributed by atoms with Crippen LogP contribution in [0.15, 0.2) is 0 Å². The van der Waals surface area contributed by atoms with Gasteiger partial charge in [-0.05, 0) is 32.4 Å². The van der Waals surface area contributed by atoms with Crippen LogP contribution in [0.25, 0.3) is 0 Å². The molecule has 0 aromatic carbocycles. The molecule has 0 amide bonds. The molecule has 0 aliphatic heterocycles. The van der Waals surface area contributed by atoms with Crippen molar-refractivity contribution in [2.24, 2.45) is 0 Å². The van der Waals surface area contributed by atoms with Gasteiger partial charge in [0.25, 0.3) is 0 Å². The summed E-state index contributed by atoms with van der Waals surface area (Å²) in [5.41, 5.74) is 0. The van der Waals surface area contributed by atoms with Gasteiger partial charge in [-0.1, -0.05) is 91.4 Å². The van der Waals surface area contributed by atoms with Crippen molar-refractivity contribution in [1.82, 2.24) is 4.90 Å². The maximum absolute atomic E-state index is 5.80. The summed E-state index contributed by atoms with van der Waals surface area (Å²) in [5, 5.41) is 0. The number of nitrogens with zero attached hydrogens (tertiary/aromatic N) is 1. The van der Waals surface area contributed by atoms with E-state index in [9.17, 15) is 0 Å². The number of unbranched alkanes of at least 4 members (excludes halogenated alkanes) is 11. The molecule has 0 saturated heterocycles. The van der Waals surface area contributed by atoms with Gasteiger partial charge in [-0.3, -0.25) is 0 Å². The van der Waals surface area contributed by atoms with E-state index in [-0.39, 0.29) is 0 Å². The van der Waals surface area contributed by atoms with Gasteiger partial charge in [0.05, 0.1) is 19.8 Å². The average Bonchev–Trinajstić information content (AvgIpc) is 2.68. The molecule has 3 heteroatoms. The lowest BCUT2D eigenvalue weighted by atomic mass is 10.1. The highest BCUT2D eigenvalue weighted by molar-refractivity contribution is 4.59. The van der Waals surface area contributed by atoms with Gasteiger partial charge in [-0.2, -0.15) is 0 Å². The van der Waals surface area contributed by atoms with E-state index in [0.717, 1.165) is 39.4 Å². The van der Waals surface area contributed by atoms with Gasteiger partial charge in [-0.15, -0.1) is 0 Å². The van der Waals surface area contributed by atoms with Gasteiger partial charge in [0.15, 0.2) is 0 Å². The van der Waals surface area contributed by atoms with Crippen LogP contribution in [-0.2, 0) is 9.47 Å². The highest BCUT2D eigenvalue weighted by Gasteiger charge is 2.05. The maximum Gasteiger partial charge on any atom is 0.0701 e. The van der Waals surface area contributed by atoms with E-state index >= 15 is 0 Å². The Hall–Kier alpha value is -0.120. The molecular weight excluding hydrogens is 334 g/mol.